The zero-order valence-corrected chi connectivity index (χ0v) is 22.8. The molecule has 37 heavy (non-hydrogen) atoms. The lowest BCUT2D eigenvalue weighted by atomic mass is 9.94. The minimum Gasteiger partial charge on any atom is -0.507 e. The van der Waals surface area contributed by atoms with Crippen molar-refractivity contribution < 1.29 is 28.9 Å². The van der Waals surface area contributed by atoms with Gasteiger partial charge in [0.1, 0.15) is 11.5 Å². The summed E-state index contributed by atoms with van der Waals surface area (Å²) in [5.41, 5.74) is 1.94. The van der Waals surface area contributed by atoms with Crippen LogP contribution in [0.2, 0.25) is 0 Å². The summed E-state index contributed by atoms with van der Waals surface area (Å²) < 4.78 is 16.9. The van der Waals surface area contributed by atoms with E-state index in [-0.39, 0.29) is 11.3 Å². The number of hydrogen-bond acceptors (Lipinski definition) is 7. The maximum atomic E-state index is 13.3. The number of benzene rings is 2. The summed E-state index contributed by atoms with van der Waals surface area (Å²) in [5.74, 6) is 0.668. The van der Waals surface area contributed by atoms with Gasteiger partial charge in [0, 0.05) is 18.7 Å². The van der Waals surface area contributed by atoms with E-state index in [9.17, 15) is 14.7 Å². The zero-order chi connectivity index (χ0) is 27.3. The number of hydrogen-bond donors (Lipinski definition) is 1. The second-order valence-electron chi connectivity index (χ2n) is 9.92. The van der Waals surface area contributed by atoms with Crippen LogP contribution in [0.4, 0.5) is 0 Å². The highest BCUT2D eigenvalue weighted by Gasteiger charge is 2.46. The highest BCUT2D eigenvalue weighted by molar-refractivity contribution is 6.46. The molecule has 1 saturated heterocycles. The summed E-state index contributed by atoms with van der Waals surface area (Å²) in [7, 11) is 6.93. The molecule has 8 nitrogen and oxygen atoms in total. The van der Waals surface area contributed by atoms with E-state index in [0.717, 1.165) is 12.0 Å². The Bertz CT molecular complexity index is 1170. The van der Waals surface area contributed by atoms with Crippen LogP contribution in [-0.4, -0.2) is 74.6 Å². The van der Waals surface area contributed by atoms with Gasteiger partial charge >= 0.3 is 0 Å². The van der Waals surface area contributed by atoms with Gasteiger partial charge in [-0.2, -0.15) is 0 Å². The minimum absolute atomic E-state index is 0.0452. The van der Waals surface area contributed by atoms with Crippen molar-refractivity contribution in [1.82, 2.24) is 9.80 Å². The fraction of sp³-hybridized carbons (Fsp3) is 0.448. The van der Waals surface area contributed by atoms with Gasteiger partial charge in [0.2, 0.25) is 0 Å². The Morgan fingerprint density at radius 2 is 1.70 bits per heavy atom. The number of aryl methyl sites for hydroxylation is 1. The summed E-state index contributed by atoms with van der Waals surface area (Å²) in [4.78, 5) is 29.9. The molecule has 0 saturated carbocycles. The number of methoxy groups -OCH3 is 2. The Morgan fingerprint density at radius 3 is 2.30 bits per heavy atom. The lowest BCUT2D eigenvalue weighted by Gasteiger charge is -2.27. The normalized spacial score (nSPS) is 17.1. The molecule has 2 aromatic carbocycles. The van der Waals surface area contributed by atoms with E-state index in [1.807, 2.05) is 32.0 Å². The number of ether oxygens (including phenoxy) is 3. The van der Waals surface area contributed by atoms with Gasteiger partial charge in [0.05, 0.1) is 32.4 Å². The Balaban J connectivity index is 2.11. The summed E-state index contributed by atoms with van der Waals surface area (Å²) >= 11 is 0. The van der Waals surface area contributed by atoms with Crippen LogP contribution in [0.25, 0.3) is 5.76 Å². The van der Waals surface area contributed by atoms with Gasteiger partial charge in [-0.05, 0) is 74.8 Å². The van der Waals surface area contributed by atoms with E-state index in [0.29, 0.717) is 54.0 Å². The van der Waals surface area contributed by atoms with E-state index in [4.69, 9.17) is 14.2 Å². The van der Waals surface area contributed by atoms with Gasteiger partial charge in [0.25, 0.3) is 11.7 Å². The lowest BCUT2D eigenvalue weighted by molar-refractivity contribution is -0.140. The molecule has 0 aliphatic carbocycles. The second kappa shape index (κ2) is 12.1. The Kier molecular flexibility index (Phi) is 9.21. The van der Waals surface area contributed by atoms with Crippen LogP contribution in [0.5, 0.6) is 17.2 Å². The number of Topliss-reactive ketones (excluding diaryl/α,β-unsaturated/α-hetero) is 1. The predicted molar refractivity (Wildman–Crippen MR) is 143 cm³/mol. The van der Waals surface area contributed by atoms with E-state index in [2.05, 4.69) is 13.8 Å². The number of aliphatic hydroxyl groups is 1. The third-order valence-corrected chi connectivity index (χ3v) is 6.45. The number of nitrogens with zero attached hydrogens (tertiary/aromatic N) is 2. The average Bonchev–Trinajstić information content (AvgIpc) is 3.11. The fourth-order valence-corrected chi connectivity index (χ4v) is 4.32. The zero-order valence-electron chi connectivity index (χ0n) is 22.8. The Morgan fingerprint density at radius 1 is 1.03 bits per heavy atom. The molecule has 1 heterocycles. The first-order chi connectivity index (χ1) is 17.6. The molecule has 1 aliphatic heterocycles. The molecule has 1 aliphatic rings. The number of carbonyl (C=O) groups is 2. The SMILES string of the molecule is COc1ccc(C(O)=C2C(=O)C(=O)N(CCN(C)C)C2c2ccc(OCCC(C)C)c(OC)c2)cc1C. The highest BCUT2D eigenvalue weighted by atomic mass is 16.5. The Hall–Kier alpha value is -3.52. The second-order valence-corrected chi connectivity index (χ2v) is 9.92. The molecule has 0 aromatic heterocycles. The molecule has 1 N–H and O–H groups in total. The van der Waals surface area contributed by atoms with Crippen molar-refractivity contribution in [2.24, 2.45) is 5.92 Å². The van der Waals surface area contributed by atoms with Crippen LogP contribution >= 0.6 is 0 Å². The molecule has 0 bridgehead atoms. The minimum atomic E-state index is -0.777. The highest BCUT2D eigenvalue weighted by Crippen LogP contribution is 2.42. The van der Waals surface area contributed by atoms with Gasteiger partial charge in [-0.15, -0.1) is 0 Å². The molecular weight excluding hydrogens is 472 g/mol. The number of ketones is 1. The van der Waals surface area contributed by atoms with Gasteiger partial charge in [-0.1, -0.05) is 19.9 Å². The number of rotatable bonds is 11. The van der Waals surface area contributed by atoms with Gasteiger partial charge in [-0.3, -0.25) is 9.59 Å². The third-order valence-electron chi connectivity index (χ3n) is 6.45. The van der Waals surface area contributed by atoms with Crippen LogP contribution in [0, 0.1) is 12.8 Å². The number of carbonyl (C=O) groups excluding carboxylic acids is 2. The average molecular weight is 511 g/mol. The van der Waals surface area contributed by atoms with E-state index >= 15 is 0 Å². The first-order valence-electron chi connectivity index (χ1n) is 12.5. The third kappa shape index (κ3) is 6.25. The standard InChI is InChI=1S/C29H38N2O6/c1-18(2)12-15-37-23-11-8-20(17-24(23)36-7)26-25(28(33)29(34)31(26)14-13-30(4)5)27(32)21-9-10-22(35-6)19(3)16-21/h8-11,16-18,26,32H,12-15H2,1-7H3. The molecule has 3 rings (SSSR count). The molecule has 1 amide bonds. The molecule has 2 aromatic rings. The van der Waals surface area contributed by atoms with Crippen LogP contribution in [0.15, 0.2) is 42.0 Å². The first kappa shape index (κ1) is 28.1. The van der Waals surface area contributed by atoms with Crippen molar-refractivity contribution in [2.45, 2.75) is 33.2 Å². The number of amides is 1. The number of likely N-dealkylation sites (tertiary alicyclic amines) is 1. The van der Waals surface area contributed by atoms with Crippen molar-refractivity contribution in [3.63, 3.8) is 0 Å². The van der Waals surface area contributed by atoms with Gasteiger partial charge < -0.3 is 29.1 Å². The van der Waals surface area contributed by atoms with E-state index in [1.54, 1.807) is 44.6 Å². The smallest absolute Gasteiger partial charge is 0.295 e. The summed E-state index contributed by atoms with van der Waals surface area (Å²) in [5, 5.41) is 11.3. The summed E-state index contributed by atoms with van der Waals surface area (Å²) in [6, 6.07) is 9.75. The lowest BCUT2D eigenvalue weighted by Crippen LogP contribution is -2.35. The monoisotopic (exact) mass is 510 g/mol. The van der Waals surface area contributed by atoms with Crippen LogP contribution in [0.3, 0.4) is 0 Å². The molecule has 1 unspecified atom stereocenters. The van der Waals surface area contributed by atoms with Crippen LogP contribution < -0.4 is 14.2 Å². The number of likely N-dealkylation sites (N-methyl/N-ethyl adjacent to an activating group) is 1. The maximum absolute atomic E-state index is 13.3. The van der Waals surface area contributed by atoms with Crippen LogP contribution in [0.1, 0.15) is 43.0 Å². The van der Waals surface area contributed by atoms with Crippen molar-refractivity contribution >= 4 is 17.4 Å². The largest absolute Gasteiger partial charge is 0.507 e. The summed E-state index contributed by atoms with van der Waals surface area (Å²) in [6.45, 7) is 7.53. The van der Waals surface area contributed by atoms with Crippen molar-refractivity contribution in [1.29, 1.82) is 0 Å². The molecule has 1 atom stereocenters. The van der Waals surface area contributed by atoms with Crippen LogP contribution in [-0.2, 0) is 9.59 Å². The Labute approximate surface area is 219 Å². The fourth-order valence-electron chi connectivity index (χ4n) is 4.32. The number of aliphatic hydroxyl groups excluding tert-OH is 1. The topological polar surface area (TPSA) is 88.5 Å². The quantitative estimate of drug-likeness (QED) is 0.272. The van der Waals surface area contributed by atoms with Crippen molar-refractivity contribution in [3.05, 3.63) is 58.7 Å². The van der Waals surface area contributed by atoms with Gasteiger partial charge in [0.15, 0.2) is 11.5 Å². The summed E-state index contributed by atoms with van der Waals surface area (Å²) in [6.07, 6.45) is 0.900. The van der Waals surface area contributed by atoms with E-state index < -0.39 is 17.7 Å². The van der Waals surface area contributed by atoms with Gasteiger partial charge in [-0.25, -0.2) is 0 Å². The molecule has 8 heteroatoms. The molecule has 200 valence electrons. The predicted octanol–water partition coefficient (Wildman–Crippen LogP) is 4.42. The van der Waals surface area contributed by atoms with Crippen molar-refractivity contribution in [2.75, 3.05) is 48.0 Å². The first-order valence-corrected chi connectivity index (χ1v) is 12.5. The van der Waals surface area contributed by atoms with Crippen molar-refractivity contribution in [3.8, 4) is 17.2 Å². The molecule has 0 radical (unpaired) electrons. The molecular formula is C29H38N2O6. The maximum Gasteiger partial charge on any atom is 0.295 e. The molecule has 1 fully saturated rings. The van der Waals surface area contributed by atoms with E-state index in [1.165, 1.54) is 4.90 Å². The molecule has 0 spiro atoms.